The van der Waals surface area contributed by atoms with Gasteiger partial charge in [-0.25, -0.2) is 0 Å². The SMILES string of the molecule is COc1ccc(I)cc1S. The number of hydrogen-bond donors (Lipinski definition) is 1. The number of hydrogen-bond acceptors (Lipinski definition) is 2. The molecule has 0 aliphatic heterocycles. The molecular weight excluding hydrogens is 259 g/mol. The van der Waals surface area contributed by atoms with E-state index in [1.807, 2.05) is 18.2 Å². The van der Waals surface area contributed by atoms with Gasteiger partial charge >= 0.3 is 0 Å². The van der Waals surface area contributed by atoms with Gasteiger partial charge < -0.3 is 4.74 Å². The van der Waals surface area contributed by atoms with E-state index >= 15 is 0 Å². The van der Waals surface area contributed by atoms with Gasteiger partial charge in [-0.3, -0.25) is 0 Å². The first-order chi connectivity index (χ1) is 4.74. The lowest BCUT2D eigenvalue weighted by molar-refractivity contribution is 0.405. The van der Waals surface area contributed by atoms with E-state index in [2.05, 4.69) is 35.2 Å². The Kier molecular flexibility index (Phi) is 2.85. The summed E-state index contributed by atoms with van der Waals surface area (Å²) in [5.41, 5.74) is 0. The second kappa shape index (κ2) is 3.48. The summed E-state index contributed by atoms with van der Waals surface area (Å²) in [5.74, 6) is 0.823. The highest BCUT2D eigenvalue weighted by Crippen LogP contribution is 2.23. The number of thiol groups is 1. The van der Waals surface area contributed by atoms with Crippen LogP contribution in [0.2, 0.25) is 0 Å². The van der Waals surface area contributed by atoms with Crippen LogP contribution in [0.1, 0.15) is 0 Å². The van der Waals surface area contributed by atoms with Crippen LogP contribution in [0.25, 0.3) is 0 Å². The first-order valence-electron chi connectivity index (χ1n) is 2.76. The smallest absolute Gasteiger partial charge is 0.132 e. The van der Waals surface area contributed by atoms with Crippen molar-refractivity contribution in [3.63, 3.8) is 0 Å². The summed E-state index contributed by atoms with van der Waals surface area (Å²) >= 11 is 6.45. The number of methoxy groups -OCH3 is 1. The van der Waals surface area contributed by atoms with Gasteiger partial charge in [-0.1, -0.05) is 0 Å². The average molecular weight is 266 g/mol. The van der Waals surface area contributed by atoms with Crippen molar-refractivity contribution in [1.29, 1.82) is 0 Å². The van der Waals surface area contributed by atoms with Gasteiger partial charge in [0.2, 0.25) is 0 Å². The number of halogens is 1. The van der Waals surface area contributed by atoms with Crippen molar-refractivity contribution in [3.05, 3.63) is 21.8 Å². The summed E-state index contributed by atoms with van der Waals surface area (Å²) in [6.45, 7) is 0. The van der Waals surface area contributed by atoms with Crippen LogP contribution in [-0.2, 0) is 0 Å². The van der Waals surface area contributed by atoms with Crippen molar-refractivity contribution < 1.29 is 4.74 Å². The fourth-order valence-corrected chi connectivity index (χ4v) is 1.71. The van der Waals surface area contributed by atoms with Crippen LogP contribution in [0.3, 0.4) is 0 Å². The second-order valence-corrected chi connectivity index (χ2v) is 3.54. The average Bonchev–Trinajstić information content (AvgIpc) is 1.88. The van der Waals surface area contributed by atoms with Gasteiger partial charge in [-0.2, -0.15) is 0 Å². The highest BCUT2D eigenvalue weighted by atomic mass is 127. The molecule has 0 aliphatic carbocycles. The van der Waals surface area contributed by atoms with Gasteiger partial charge in [0.15, 0.2) is 0 Å². The molecule has 1 nitrogen and oxygen atoms in total. The zero-order valence-electron chi connectivity index (χ0n) is 5.47. The van der Waals surface area contributed by atoms with Crippen LogP contribution in [0.4, 0.5) is 0 Å². The second-order valence-electron chi connectivity index (χ2n) is 1.82. The fraction of sp³-hybridized carbons (Fsp3) is 0.143. The Morgan fingerprint density at radius 1 is 1.50 bits per heavy atom. The maximum absolute atomic E-state index is 5.02. The normalized spacial score (nSPS) is 9.50. The van der Waals surface area contributed by atoms with Crippen molar-refractivity contribution in [3.8, 4) is 5.75 Å². The Balaban J connectivity index is 3.07. The van der Waals surface area contributed by atoms with Crippen LogP contribution in [0, 0.1) is 3.57 Å². The third-order valence-corrected chi connectivity index (χ3v) is 2.16. The summed E-state index contributed by atoms with van der Waals surface area (Å²) in [6.07, 6.45) is 0. The Bertz CT molecular complexity index is 237. The highest BCUT2D eigenvalue weighted by molar-refractivity contribution is 14.1. The predicted molar refractivity (Wildman–Crippen MR) is 53.0 cm³/mol. The summed E-state index contributed by atoms with van der Waals surface area (Å²) in [5, 5.41) is 0. The summed E-state index contributed by atoms with van der Waals surface area (Å²) in [6, 6.07) is 5.85. The van der Waals surface area contributed by atoms with E-state index in [0.717, 1.165) is 10.6 Å². The number of rotatable bonds is 1. The van der Waals surface area contributed by atoms with E-state index in [1.165, 1.54) is 3.57 Å². The standard InChI is InChI=1S/C7H7IOS/c1-9-6-3-2-5(8)4-7(6)10/h2-4,10H,1H3. The van der Waals surface area contributed by atoms with Crippen molar-refractivity contribution in [2.75, 3.05) is 7.11 Å². The molecule has 0 heterocycles. The Morgan fingerprint density at radius 2 is 2.20 bits per heavy atom. The van der Waals surface area contributed by atoms with Crippen LogP contribution < -0.4 is 4.74 Å². The zero-order chi connectivity index (χ0) is 7.56. The predicted octanol–water partition coefficient (Wildman–Crippen LogP) is 2.59. The molecule has 1 rings (SSSR count). The molecule has 0 bridgehead atoms. The molecule has 0 aromatic heterocycles. The lowest BCUT2D eigenvalue weighted by atomic mass is 10.3. The summed E-state index contributed by atoms with van der Waals surface area (Å²) in [4.78, 5) is 0.884. The Hall–Kier alpha value is 0.1000. The molecular formula is C7H7IOS. The third-order valence-electron chi connectivity index (χ3n) is 1.14. The quantitative estimate of drug-likeness (QED) is 0.607. The minimum atomic E-state index is 0.823. The highest BCUT2D eigenvalue weighted by Gasteiger charge is 1.96. The molecule has 0 unspecified atom stereocenters. The molecule has 0 fully saturated rings. The molecule has 1 aromatic rings. The van der Waals surface area contributed by atoms with Gasteiger partial charge in [0.1, 0.15) is 5.75 Å². The van der Waals surface area contributed by atoms with E-state index in [9.17, 15) is 0 Å². The van der Waals surface area contributed by atoms with E-state index in [4.69, 9.17) is 4.74 Å². The minimum Gasteiger partial charge on any atom is -0.496 e. The molecule has 10 heavy (non-hydrogen) atoms. The topological polar surface area (TPSA) is 9.23 Å². The molecule has 0 spiro atoms. The van der Waals surface area contributed by atoms with Crippen LogP contribution in [0.15, 0.2) is 23.1 Å². The zero-order valence-corrected chi connectivity index (χ0v) is 8.52. The van der Waals surface area contributed by atoms with Crippen molar-refractivity contribution in [2.24, 2.45) is 0 Å². The first-order valence-corrected chi connectivity index (χ1v) is 4.29. The summed E-state index contributed by atoms with van der Waals surface area (Å²) < 4.78 is 6.19. The van der Waals surface area contributed by atoms with Crippen molar-refractivity contribution in [1.82, 2.24) is 0 Å². The Labute approximate surface area is 79.3 Å². The summed E-state index contributed by atoms with van der Waals surface area (Å²) in [7, 11) is 1.64. The fourth-order valence-electron chi connectivity index (χ4n) is 0.663. The monoisotopic (exact) mass is 266 g/mol. The van der Waals surface area contributed by atoms with Gasteiger partial charge in [0.25, 0.3) is 0 Å². The molecule has 0 amide bonds. The van der Waals surface area contributed by atoms with E-state index in [-0.39, 0.29) is 0 Å². The van der Waals surface area contributed by atoms with Crippen molar-refractivity contribution in [2.45, 2.75) is 4.90 Å². The molecule has 54 valence electrons. The number of benzene rings is 1. The molecule has 3 heteroatoms. The minimum absolute atomic E-state index is 0.823. The maximum atomic E-state index is 5.02. The third kappa shape index (κ3) is 1.79. The van der Waals surface area contributed by atoms with E-state index in [0.29, 0.717) is 0 Å². The van der Waals surface area contributed by atoms with Crippen LogP contribution in [0.5, 0.6) is 5.75 Å². The van der Waals surface area contributed by atoms with Crippen LogP contribution in [-0.4, -0.2) is 7.11 Å². The molecule has 0 radical (unpaired) electrons. The lowest BCUT2D eigenvalue weighted by Crippen LogP contribution is -1.84. The Morgan fingerprint density at radius 3 is 2.70 bits per heavy atom. The molecule has 0 N–H and O–H groups in total. The van der Waals surface area contributed by atoms with Crippen molar-refractivity contribution >= 4 is 35.2 Å². The molecule has 0 saturated heterocycles. The largest absolute Gasteiger partial charge is 0.496 e. The van der Waals surface area contributed by atoms with Gasteiger partial charge in [-0.05, 0) is 40.8 Å². The van der Waals surface area contributed by atoms with E-state index < -0.39 is 0 Å². The number of ether oxygens (including phenoxy) is 1. The lowest BCUT2D eigenvalue weighted by Gasteiger charge is -2.01. The molecule has 1 aromatic carbocycles. The molecule has 0 aliphatic rings. The van der Waals surface area contributed by atoms with Crippen LogP contribution >= 0.6 is 35.2 Å². The molecule has 0 atom stereocenters. The van der Waals surface area contributed by atoms with Gasteiger partial charge in [-0.15, -0.1) is 12.6 Å². The van der Waals surface area contributed by atoms with Gasteiger partial charge in [0, 0.05) is 8.47 Å². The first kappa shape index (κ1) is 8.20. The van der Waals surface area contributed by atoms with E-state index in [1.54, 1.807) is 7.11 Å². The molecule has 0 saturated carbocycles. The van der Waals surface area contributed by atoms with Gasteiger partial charge in [0.05, 0.1) is 7.11 Å². The maximum Gasteiger partial charge on any atom is 0.132 e.